The third-order valence-electron chi connectivity index (χ3n) is 4.25. The number of aliphatic hydroxyl groups is 1. The Balaban J connectivity index is 2.18. The number of hydrogen-bond donors (Lipinski definition) is 2. The van der Waals surface area contributed by atoms with Gasteiger partial charge >= 0.3 is 0 Å². The third-order valence-corrected chi connectivity index (χ3v) is 4.25. The maximum absolute atomic E-state index is 9.99. The van der Waals surface area contributed by atoms with Crippen molar-refractivity contribution in [2.45, 2.75) is 57.5 Å². The summed E-state index contributed by atoms with van der Waals surface area (Å²) >= 11 is 0. The van der Waals surface area contributed by atoms with Gasteiger partial charge < -0.3 is 10.3 Å². The number of fused-ring (bicyclic) bond motifs is 1. The van der Waals surface area contributed by atoms with Crippen molar-refractivity contribution in [2.75, 3.05) is 6.61 Å². The average Bonchev–Trinajstić information content (AvgIpc) is 2.24. The van der Waals surface area contributed by atoms with Crippen LogP contribution >= 0.6 is 0 Å². The van der Waals surface area contributed by atoms with Crippen molar-refractivity contribution in [3.05, 3.63) is 0 Å². The van der Waals surface area contributed by atoms with E-state index >= 15 is 0 Å². The van der Waals surface area contributed by atoms with Crippen LogP contribution < -0.4 is 0 Å². The van der Waals surface area contributed by atoms with Gasteiger partial charge in [-0.05, 0) is 32.6 Å². The van der Waals surface area contributed by atoms with Crippen LogP contribution in [0.4, 0.5) is 0 Å². The Labute approximate surface area is 85.7 Å². The van der Waals surface area contributed by atoms with Gasteiger partial charge in [-0.25, -0.2) is 0 Å². The minimum absolute atomic E-state index is 0.000486. The molecule has 3 heteroatoms. The molecule has 0 amide bonds. The van der Waals surface area contributed by atoms with Gasteiger partial charge in [0.05, 0.1) is 6.61 Å². The fourth-order valence-electron chi connectivity index (χ4n) is 3.19. The fraction of sp³-hybridized carbons (Fsp3) is 1.00. The van der Waals surface area contributed by atoms with Gasteiger partial charge in [0.1, 0.15) is 0 Å². The van der Waals surface area contributed by atoms with E-state index < -0.39 is 0 Å². The van der Waals surface area contributed by atoms with Crippen molar-refractivity contribution in [1.82, 2.24) is 5.06 Å². The predicted octanol–water partition coefficient (Wildman–Crippen LogP) is 1.78. The summed E-state index contributed by atoms with van der Waals surface area (Å²) in [4.78, 5) is 0. The molecule has 0 radical (unpaired) electrons. The molecule has 2 rings (SSSR count). The van der Waals surface area contributed by atoms with Crippen molar-refractivity contribution < 1.29 is 10.3 Å². The first-order valence-electron chi connectivity index (χ1n) is 5.78. The number of piperidine rings is 1. The maximum Gasteiger partial charge on any atom is 0.0503 e. The second-order valence-electron chi connectivity index (χ2n) is 5.05. The molecule has 1 heterocycles. The van der Waals surface area contributed by atoms with Crippen LogP contribution in [-0.4, -0.2) is 34.1 Å². The molecule has 3 unspecified atom stereocenters. The zero-order valence-corrected chi connectivity index (χ0v) is 8.95. The van der Waals surface area contributed by atoms with E-state index in [1.807, 2.05) is 0 Å². The summed E-state index contributed by atoms with van der Waals surface area (Å²) in [5.41, 5.74) is -0.000486. The summed E-state index contributed by atoms with van der Waals surface area (Å²) in [6.07, 6.45) is 6.61. The number of hydroxylamine groups is 2. The minimum atomic E-state index is -0.000486. The molecule has 2 N–H and O–H groups in total. The van der Waals surface area contributed by atoms with Gasteiger partial charge in [0.25, 0.3) is 0 Å². The van der Waals surface area contributed by atoms with Crippen molar-refractivity contribution in [3.63, 3.8) is 0 Å². The molecule has 1 saturated heterocycles. The molecule has 0 aromatic carbocycles. The van der Waals surface area contributed by atoms with E-state index in [-0.39, 0.29) is 24.1 Å². The molecular formula is C11H21NO2. The monoisotopic (exact) mass is 199 g/mol. The number of nitrogens with zero attached hydrogens (tertiary/aromatic N) is 1. The Hall–Kier alpha value is -0.120. The highest BCUT2D eigenvalue weighted by Gasteiger charge is 2.47. The molecule has 1 aliphatic carbocycles. The minimum Gasteiger partial charge on any atom is -0.396 e. The lowest BCUT2D eigenvalue weighted by atomic mass is 9.65. The number of aliphatic hydroxyl groups excluding tert-OH is 1. The van der Waals surface area contributed by atoms with Gasteiger partial charge in [-0.1, -0.05) is 12.8 Å². The molecule has 0 bridgehead atoms. The maximum atomic E-state index is 9.99. The summed E-state index contributed by atoms with van der Waals surface area (Å²) in [6, 6.07) is 0.461. The molecule has 1 aliphatic heterocycles. The van der Waals surface area contributed by atoms with Gasteiger partial charge in [-0.3, -0.25) is 0 Å². The first-order valence-corrected chi connectivity index (χ1v) is 5.78. The van der Waals surface area contributed by atoms with Crippen molar-refractivity contribution >= 4 is 0 Å². The summed E-state index contributed by atoms with van der Waals surface area (Å²) < 4.78 is 0. The standard InChI is InChI=1S/C11H21NO2/c1-9-5-7-11(8-13)6-3-2-4-10(11)12(9)14/h9-10,13-14H,2-8H2,1H3. The molecule has 1 saturated carbocycles. The van der Waals surface area contributed by atoms with E-state index in [1.54, 1.807) is 0 Å². The first kappa shape index (κ1) is 10.4. The van der Waals surface area contributed by atoms with Crippen LogP contribution in [0.25, 0.3) is 0 Å². The zero-order chi connectivity index (χ0) is 10.2. The summed E-state index contributed by atoms with van der Waals surface area (Å²) in [5.74, 6) is 0. The van der Waals surface area contributed by atoms with Crippen molar-refractivity contribution in [3.8, 4) is 0 Å². The van der Waals surface area contributed by atoms with Gasteiger partial charge in [-0.2, -0.15) is 5.06 Å². The molecule has 0 spiro atoms. The number of rotatable bonds is 1. The predicted molar refractivity (Wildman–Crippen MR) is 54.1 cm³/mol. The van der Waals surface area contributed by atoms with Gasteiger partial charge in [0.15, 0.2) is 0 Å². The Bertz CT molecular complexity index is 209. The van der Waals surface area contributed by atoms with E-state index in [4.69, 9.17) is 0 Å². The molecule has 3 nitrogen and oxygen atoms in total. The largest absolute Gasteiger partial charge is 0.396 e. The highest BCUT2D eigenvalue weighted by Crippen LogP contribution is 2.46. The van der Waals surface area contributed by atoms with Crippen LogP contribution in [0.3, 0.4) is 0 Å². The van der Waals surface area contributed by atoms with Gasteiger partial charge in [-0.15, -0.1) is 0 Å². The van der Waals surface area contributed by atoms with Gasteiger partial charge in [0, 0.05) is 17.5 Å². The summed E-state index contributed by atoms with van der Waals surface area (Å²) in [6.45, 7) is 2.30. The van der Waals surface area contributed by atoms with Crippen molar-refractivity contribution in [1.29, 1.82) is 0 Å². The normalized spacial score (nSPS) is 44.8. The lowest BCUT2D eigenvalue weighted by molar-refractivity contribution is -0.227. The second kappa shape index (κ2) is 3.80. The molecular weight excluding hydrogens is 178 g/mol. The lowest BCUT2D eigenvalue weighted by Gasteiger charge is -2.52. The zero-order valence-electron chi connectivity index (χ0n) is 8.95. The third kappa shape index (κ3) is 1.47. The smallest absolute Gasteiger partial charge is 0.0503 e. The van der Waals surface area contributed by atoms with E-state index in [0.717, 1.165) is 25.7 Å². The first-order chi connectivity index (χ1) is 6.69. The van der Waals surface area contributed by atoms with Crippen LogP contribution in [0.2, 0.25) is 0 Å². The Morgan fingerprint density at radius 2 is 2.07 bits per heavy atom. The van der Waals surface area contributed by atoms with E-state index in [2.05, 4.69) is 6.92 Å². The Kier molecular flexibility index (Phi) is 2.82. The summed E-state index contributed by atoms with van der Waals surface area (Å²) in [5, 5.41) is 21.0. The lowest BCUT2D eigenvalue weighted by Crippen LogP contribution is -2.57. The molecule has 14 heavy (non-hydrogen) atoms. The quantitative estimate of drug-likeness (QED) is 0.676. The summed E-state index contributed by atoms with van der Waals surface area (Å²) in [7, 11) is 0. The molecule has 0 aromatic heterocycles. The van der Waals surface area contributed by atoms with Crippen LogP contribution in [0.5, 0.6) is 0 Å². The molecule has 0 aromatic rings. The average molecular weight is 199 g/mol. The van der Waals surface area contributed by atoms with E-state index in [9.17, 15) is 10.3 Å². The highest BCUT2D eigenvalue weighted by molar-refractivity contribution is 4.98. The number of hydrogen-bond acceptors (Lipinski definition) is 3. The SMILES string of the molecule is CC1CCC2(CO)CCCCC2N1O. The van der Waals surface area contributed by atoms with Crippen LogP contribution in [-0.2, 0) is 0 Å². The van der Waals surface area contributed by atoms with Crippen LogP contribution in [0.15, 0.2) is 0 Å². The molecule has 2 fully saturated rings. The van der Waals surface area contributed by atoms with Gasteiger partial charge in [0.2, 0.25) is 0 Å². The van der Waals surface area contributed by atoms with Crippen LogP contribution in [0.1, 0.15) is 45.4 Å². The fourth-order valence-corrected chi connectivity index (χ4v) is 3.19. The van der Waals surface area contributed by atoms with E-state index in [1.165, 1.54) is 17.9 Å². The Morgan fingerprint density at radius 1 is 1.29 bits per heavy atom. The second-order valence-corrected chi connectivity index (χ2v) is 5.05. The molecule has 82 valence electrons. The Morgan fingerprint density at radius 3 is 2.79 bits per heavy atom. The van der Waals surface area contributed by atoms with Crippen molar-refractivity contribution in [2.24, 2.45) is 5.41 Å². The molecule has 2 aliphatic rings. The van der Waals surface area contributed by atoms with E-state index in [0.29, 0.717) is 0 Å². The molecule has 3 atom stereocenters. The van der Waals surface area contributed by atoms with Crippen LogP contribution in [0, 0.1) is 5.41 Å². The highest BCUT2D eigenvalue weighted by atomic mass is 16.5. The topological polar surface area (TPSA) is 43.7 Å².